The van der Waals surface area contributed by atoms with E-state index in [0.29, 0.717) is 5.41 Å². The van der Waals surface area contributed by atoms with Crippen molar-refractivity contribution in [3.05, 3.63) is 0 Å². The van der Waals surface area contributed by atoms with Crippen LogP contribution in [0.25, 0.3) is 0 Å². The van der Waals surface area contributed by atoms with Crippen LogP contribution in [0.3, 0.4) is 0 Å². The van der Waals surface area contributed by atoms with Crippen LogP contribution in [-0.4, -0.2) is 16.6 Å². The van der Waals surface area contributed by atoms with Crippen molar-refractivity contribution in [3.8, 4) is 0 Å². The Morgan fingerprint density at radius 3 is 1.59 bits per heavy atom. The Kier molecular flexibility index (Phi) is 6.84. The van der Waals surface area contributed by atoms with Crippen molar-refractivity contribution in [2.45, 2.75) is 101 Å². The van der Waals surface area contributed by atoms with E-state index in [1.165, 1.54) is 12.5 Å². The predicted octanol–water partition coefficient (Wildman–Crippen LogP) is 7.17. The summed E-state index contributed by atoms with van der Waals surface area (Å²) in [5.74, 6) is 0.726. The van der Waals surface area contributed by atoms with Crippen molar-refractivity contribution in [1.82, 2.24) is 0 Å². The number of hydrogen-bond acceptors (Lipinski definition) is 1. The quantitative estimate of drug-likeness (QED) is 0.424. The average molecular weight is 345 g/mol. The van der Waals surface area contributed by atoms with Crippen LogP contribution >= 0.6 is 0 Å². The molecule has 0 amide bonds. The summed E-state index contributed by atoms with van der Waals surface area (Å²) >= 11 is 0. The molecule has 134 valence electrons. The van der Waals surface area contributed by atoms with Crippen LogP contribution in [0.5, 0.6) is 0 Å². The molecule has 0 heterocycles. The molecule has 0 spiro atoms. The summed E-state index contributed by atoms with van der Waals surface area (Å²) in [5, 5.41) is 0. The Bertz CT molecular complexity index is 362. The molecule has 0 fully saturated rings. The Hall–Kier alpha value is 0.394. The van der Waals surface area contributed by atoms with Crippen molar-refractivity contribution < 1.29 is 4.12 Å². The van der Waals surface area contributed by atoms with E-state index in [9.17, 15) is 0 Å². The van der Waals surface area contributed by atoms with Crippen LogP contribution in [0, 0.1) is 22.2 Å². The topological polar surface area (TPSA) is 9.23 Å². The molecule has 0 radical (unpaired) electrons. The molecule has 0 aromatic heterocycles. The third kappa shape index (κ3) is 5.20. The first-order valence-corrected chi connectivity index (χ1v) is 15.6. The summed E-state index contributed by atoms with van der Waals surface area (Å²) < 4.78 is 6.63. The van der Waals surface area contributed by atoms with Gasteiger partial charge in [0.1, 0.15) is 0 Å². The van der Waals surface area contributed by atoms with Crippen LogP contribution in [0.15, 0.2) is 0 Å². The highest BCUT2D eigenvalue weighted by Crippen LogP contribution is 2.58. The molecule has 0 saturated heterocycles. The van der Waals surface area contributed by atoms with E-state index in [4.69, 9.17) is 4.12 Å². The third-order valence-electron chi connectivity index (χ3n) is 6.60. The molecule has 1 unspecified atom stereocenters. The van der Waals surface area contributed by atoms with Gasteiger partial charge in [0.25, 0.3) is 0 Å². The van der Waals surface area contributed by atoms with E-state index < -0.39 is 16.6 Å². The molecule has 1 atom stereocenters. The first-order valence-electron chi connectivity index (χ1n) is 9.10. The van der Waals surface area contributed by atoms with Gasteiger partial charge in [0.15, 0.2) is 16.6 Å². The molecule has 0 saturated carbocycles. The molecule has 0 aromatic rings. The largest absolute Gasteiger partial charge is 0.456 e. The van der Waals surface area contributed by atoms with Crippen molar-refractivity contribution in [2.75, 3.05) is 0 Å². The lowest BCUT2D eigenvalue weighted by Crippen LogP contribution is -2.52. The van der Waals surface area contributed by atoms with Gasteiger partial charge in [0.2, 0.25) is 0 Å². The minimum absolute atomic E-state index is 0.266. The van der Waals surface area contributed by atoms with Crippen molar-refractivity contribution >= 4 is 16.6 Å². The minimum atomic E-state index is -1.65. The van der Waals surface area contributed by atoms with Gasteiger partial charge in [-0.3, -0.25) is 0 Å². The van der Waals surface area contributed by atoms with Crippen molar-refractivity contribution in [2.24, 2.45) is 22.2 Å². The van der Waals surface area contributed by atoms with Gasteiger partial charge in [-0.15, -0.1) is 0 Å². The second-order valence-electron chi connectivity index (χ2n) is 10.7. The Labute approximate surface area is 143 Å². The number of rotatable bonds is 8. The summed E-state index contributed by atoms with van der Waals surface area (Å²) in [6.45, 7) is 31.4. The van der Waals surface area contributed by atoms with Crippen molar-refractivity contribution in [3.63, 3.8) is 0 Å². The molecule has 22 heavy (non-hydrogen) atoms. The van der Waals surface area contributed by atoms with Gasteiger partial charge in [-0.25, -0.2) is 0 Å². The molecule has 0 rings (SSSR count). The molecule has 0 aliphatic carbocycles. The van der Waals surface area contributed by atoms with E-state index in [-0.39, 0.29) is 10.8 Å². The highest BCUT2D eigenvalue weighted by atomic mass is 28.4. The molecule has 0 aromatic carbocycles. The molecule has 0 aliphatic heterocycles. The highest BCUT2D eigenvalue weighted by molar-refractivity contribution is 6.84. The molecule has 1 nitrogen and oxygen atoms in total. The summed E-state index contributed by atoms with van der Waals surface area (Å²) in [5.41, 5.74) is 0.854. The number of hydrogen-bond donors (Lipinski definition) is 0. The predicted molar refractivity (Wildman–Crippen MR) is 108 cm³/mol. The van der Waals surface area contributed by atoms with Crippen LogP contribution in [0.1, 0.15) is 61.8 Å². The molecule has 0 aliphatic rings. The van der Waals surface area contributed by atoms with E-state index in [1.54, 1.807) is 0 Å². The fourth-order valence-corrected chi connectivity index (χ4v) is 13.6. The van der Waals surface area contributed by atoms with Gasteiger partial charge in [-0.05, 0) is 60.9 Å². The molecule has 0 bridgehead atoms. The fourth-order valence-electron chi connectivity index (χ4n) is 4.15. The van der Waals surface area contributed by atoms with E-state index in [0.717, 1.165) is 5.92 Å². The molecule has 3 heteroatoms. The van der Waals surface area contributed by atoms with Gasteiger partial charge in [0.05, 0.1) is 0 Å². The Morgan fingerprint density at radius 1 is 0.864 bits per heavy atom. The zero-order valence-electron chi connectivity index (χ0n) is 17.9. The van der Waals surface area contributed by atoms with E-state index in [2.05, 4.69) is 88.1 Å². The summed E-state index contributed by atoms with van der Waals surface area (Å²) in [6.07, 6.45) is 1.25. The van der Waals surface area contributed by atoms with E-state index in [1.807, 2.05) is 0 Å². The van der Waals surface area contributed by atoms with Gasteiger partial charge >= 0.3 is 0 Å². The lowest BCUT2D eigenvalue weighted by atomic mass is 9.51. The smallest absolute Gasteiger partial charge is 0.173 e. The SMILES string of the molecule is CCC(C)C(C)(C)C(C)(C)C(C)(C)C[Si](C)(C)O[Si](C)(C)C. The first-order chi connectivity index (χ1) is 9.40. The summed E-state index contributed by atoms with van der Waals surface area (Å²) in [4.78, 5) is 0. The Morgan fingerprint density at radius 2 is 1.27 bits per heavy atom. The fraction of sp³-hybridized carbons (Fsp3) is 1.00. The molecular weight excluding hydrogens is 300 g/mol. The maximum Gasteiger partial charge on any atom is 0.173 e. The van der Waals surface area contributed by atoms with Crippen LogP contribution in [0.2, 0.25) is 38.8 Å². The van der Waals surface area contributed by atoms with Crippen LogP contribution in [0.4, 0.5) is 0 Å². The zero-order chi connectivity index (χ0) is 18.2. The lowest BCUT2D eigenvalue weighted by Gasteiger charge is -2.56. The second-order valence-corrected chi connectivity index (χ2v) is 19.6. The summed E-state index contributed by atoms with van der Waals surface area (Å²) in [7, 11) is -3.11. The van der Waals surface area contributed by atoms with Crippen LogP contribution in [-0.2, 0) is 4.12 Å². The average Bonchev–Trinajstić information content (AvgIpc) is 2.21. The minimum Gasteiger partial charge on any atom is -0.456 e. The third-order valence-corrected chi connectivity index (χ3v) is 13.0. The standard InChI is InChI=1S/C19H44OSi2/c1-14-16(2)18(5,6)19(7,8)17(3,4)15-22(12,13)20-21(9,10)11/h16H,14-15H2,1-13H3. The maximum absolute atomic E-state index is 6.63. The van der Waals surface area contributed by atoms with Gasteiger partial charge < -0.3 is 4.12 Å². The Balaban J connectivity index is 5.45. The molecule has 0 N–H and O–H groups in total. The van der Waals surface area contributed by atoms with E-state index >= 15 is 0 Å². The summed E-state index contributed by atoms with van der Waals surface area (Å²) in [6, 6.07) is 1.23. The molecular formula is C19H44OSi2. The monoisotopic (exact) mass is 344 g/mol. The normalized spacial score (nSPS) is 16.8. The van der Waals surface area contributed by atoms with Crippen molar-refractivity contribution in [1.29, 1.82) is 0 Å². The van der Waals surface area contributed by atoms with Gasteiger partial charge in [0, 0.05) is 0 Å². The first kappa shape index (κ1) is 22.4. The maximum atomic E-state index is 6.63. The second kappa shape index (κ2) is 6.72. The van der Waals surface area contributed by atoms with Gasteiger partial charge in [-0.2, -0.15) is 0 Å². The highest BCUT2D eigenvalue weighted by Gasteiger charge is 2.52. The lowest BCUT2D eigenvalue weighted by molar-refractivity contribution is -0.0462. The zero-order valence-corrected chi connectivity index (χ0v) is 19.9. The van der Waals surface area contributed by atoms with Gasteiger partial charge in [-0.1, -0.05) is 61.8 Å². The van der Waals surface area contributed by atoms with Crippen LogP contribution < -0.4 is 0 Å².